The molecule has 0 aliphatic carbocycles. The van der Waals surface area contributed by atoms with Crippen LogP contribution in [0.25, 0.3) is 0 Å². The molecule has 2 N–H and O–H groups in total. The normalized spacial score (nSPS) is 14.9. The van der Waals surface area contributed by atoms with Crippen LogP contribution in [0.2, 0.25) is 0 Å². The van der Waals surface area contributed by atoms with E-state index in [0.717, 1.165) is 0 Å². The van der Waals surface area contributed by atoms with E-state index in [-0.39, 0.29) is 5.25 Å². The van der Waals surface area contributed by atoms with Gasteiger partial charge in [-0.15, -0.1) is 0 Å². The Hall–Kier alpha value is -0.940. The van der Waals surface area contributed by atoms with Crippen LogP contribution < -0.4 is 5.73 Å². The van der Waals surface area contributed by atoms with Crippen molar-refractivity contribution in [3.8, 4) is 0 Å². The molecule has 84 valence electrons. The number of rotatable bonds is 4. The summed E-state index contributed by atoms with van der Waals surface area (Å²) >= 11 is 0. The Morgan fingerprint density at radius 1 is 1.60 bits per heavy atom. The van der Waals surface area contributed by atoms with Crippen molar-refractivity contribution in [2.75, 3.05) is 19.5 Å². The standard InChI is InChI=1S/C10H14FNO2S/c1-7(6-14-2)15(13)10-5-8(11)3-4-9(10)12/h3-5,7H,6,12H2,1-2H3. The van der Waals surface area contributed by atoms with Crippen molar-refractivity contribution in [1.82, 2.24) is 0 Å². The Balaban J connectivity index is 2.95. The van der Waals surface area contributed by atoms with Gasteiger partial charge in [-0.3, -0.25) is 4.21 Å². The number of anilines is 1. The van der Waals surface area contributed by atoms with Crippen molar-refractivity contribution in [2.24, 2.45) is 0 Å². The maximum atomic E-state index is 12.9. The highest BCUT2D eigenvalue weighted by atomic mass is 32.2. The fourth-order valence-corrected chi connectivity index (χ4v) is 2.42. The minimum absolute atomic E-state index is 0.209. The molecule has 0 bridgehead atoms. The molecule has 0 heterocycles. The van der Waals surface area contributed by atoms with E-state index in [9.17, 15) is 8.60 Å². The number of ether oxygens (including phenoxy) is 1. The second-order valence-electron chi connectivity index (χ2n) is 3.25. The first-order valence-corrected chi connectivity index (χ1v) is 5.72. The predicted molar refractivity (Wildman–Crippen MR) is 58.6 cm³/mol. The minimum Gasteiger partial charge on any atom is -0.398 e. The number of hydrogen-bond acceptors (Lipinski definition) is 3. The lowest BCUT2D eigenvalue weighted by atomic mass is 10.3. The van der Waals surface area contributed by atoms with E-state index in [0.29, 0.717) is 17.2 Å². The second-order valence-corrected chi connectivity index (χ2v) is 5.08. The van der Waals surface area contributed by atoms with Crippen LogP contribution in [-0.2, 0) is 15.5 Å². The van der Waals surface area contributed by atoms with Gasteiger partial charge < -0.3 is 10.5 Å². The van der Waals surface area contributed by atoms with Gasteiger partial charge in [0.25, 0.3) is 0 Å². The second kappa shape index (κ2) is 5.23. The maximum Gasteiger partial charge on any atom is 0.124 e. The zero-order valence-electron chi connectivity index (χ0n) is 8.70. The molecule has 15 heavy (non-hydrogen) atoms. The van der Waals surface area contributed by atoms with Gasteiger partial charge in [-0.25, -0.2) is 4.39 Å². The van der Waals surface area contributed by atoms with Gasteiger partial charge >= 0.3 is 0 Å². The van der Waals surface area contributed by atoms with Gasteiger partial charge in [-0.2, -0.15) is 0 Å². The molecular weight excluding hydrogens is 217 g/mol. The average molecular weight is 231 g/mol. The number of halogens is 1. The van der Waals surface area contributed by atoms with Crippen molar-refractivity contribution < 1.29 is 13.3 Å². The monoisotopic (exact) mass is 231 g/mol. The number of benzene rings is 1. The molecule has 0 spiro atoms. The Morgan fingerprint density at radius 2 is 2.27 bits per heavy atom. The molecule has 2 atom stereocenters. The molecule has 0 aromatic heterocycles. The van der Waals surface area contributed by atoms with E-state index in [1.165, 1.54) is 25.3 Å². The quantitative estimate of drug-likeness (QED) is 0.800. The highest BCUT2D eigenvalue weighted by Gasteiger charge is 2.16. The predicted octanol–water partition coefficient (Wildman–Crippen LogP) is 1.55. The molecule has 0 saturated heterocycles. The summed E-state index contributed by atoms with van der Waals surface area (Å²) in [5.41, 5.74) is 5.97. The van der Waals surface area contributed by atoms with Crippen molar-refractivity contribution in [3.05, 3.63) is 24.0 Å². The molecule has 0 saturated carbocycles. The molecule has 1 aromatic rings. The zero-order valence-corrected chi connectivity index (χ0v) is 9.51. The average Bonchev–Trinajstić information content (AvgIpc) is 2.21. The minimum atomic E-state index is -1.34. The van der Waals surface area contributed by atoms with E-state index in [1.807, 2.05) is 0 Å². The third kappa shape index (κ3) is 3.00. The summed E-state index contributed by atoms with van der Waals surface area (Å²) in [5, 5.41) is -0.209. The van der Waals surface area contributed by atoms with E-state index in [4.69, 9.17) is 10.5 Å². The highest BCUT2D eigenvalue weighted by Crippen LogP contribution is 2.20. The molecule has 3 nitrogen and oxygen atoms in total. The Bertz CT molecular complexity index is 370. The van der Waals surface area contributed by atoms with Gasteiger partial charge in [-0.05, 0) is 25.1 Å². The topological polar surface area (TPSA) is 52.3 Å². The Morgan fingerprint density at radius 3 is 2.87 bits per heavy atom. The first kappa shape index (κ1) is 12.1. The fourth-order valence-electron chi connectivity index (χ4n) is 1.20. The summed E-state index contributed by atoms with van der Waals surface area (Å²) in [4.78, 5) is 0.333. The van der Waals surface area contributed by atoms with Gasteiger partial charge in [0.1, 0.15) is 5.82 Å². The molecule has 2 unspecified atom stereocenters. The summed E-state index contributed by atoms with van der Waals surface area (Å²) in [6, 6.07) is 3.87. The molecule has 0 amide bonds. The maximum absolute atomic E-state index is 12.9. The van der Waals surface area contributed by atoms with Crippen LogP contribution in [-0.4, -0.2) is 23.2 Å². The van der Waals surface area contributed by atoms with Crippen LogP contribution >= 0.6 is 0 Å². The molecule has 1 aromatic carbocycles. The first-order valence-electron chi connectivity index (χ1n) is 4.50. The van der Waals surface area contributed by atoms with Crippen LogP contribution in [0.1, 0.15) is 6.92 Å². The van der Waals surface area contributed by atoms with Crippen LogP contribution in [0.3, 0.4) is 0 Å². The van der Waals surface area contributed by atoms with Crippen LogP contribution in [0.15, 0.2) is 23.1 Å². The van der Waals surface area contributed by atoms with Crippen molar-refractivity contribution in [3.63, 3.8) is 0 Å². The molecule has 0 fully saturated rings. The van der Waals surface area contributed by atoms with Gasteiger partial charge in [0, 0.05) is 12.8 Å². The molecule has 0 aliphatic rings. The van der Waals surface area contributed by atoms with Gasteiger partial charge in [0.2, 0.25) is 0 Å². The Kier molecular flexibility index (Phi) is 4.23. The van der Waals surface area contributed by atoms with Gasteiger partial charge in [0.05, 0.1) is 27.6 Å². The lowest BCUT2D eigenvalue weighted by molar-refractivity contribution is 0.202. The molecule has 5 heteroatoms. The van der Waals surface area contributed by atoms with Crippen molar-refractivity contribution >= 4 is 16.5 Å². The van der Waals surface area contributed by atoms with Crippen LogP contribution in [0, 0.1) is 5.82 Å². The molecule has 0 radical (unpaired) electrons. The van der Waals surface area contributed by atoms with Crippen LogP contribution in [0.4, 0.5) is 10.1 Å². The van der Waals surface area contributed by atoms with E-state index < -0.39 is 16.6 Å². The Labute approximate surface area is 90.9 Å². The highest BCUT2D eigenvalue weighted by molar-refractivity contribution is 7.85. The van der Waals surface area contributed by atoms with Crippen molar-refractivity contribution in [1.29, 1.82) is 0 Å². The molecule has 0 aliphatic heterocycles. The number of methoxy groups -OCH3 is 1. The molecule has 1 rings (SSSR count). The van der Waals surface area contributed by atoms with E-state index in [1.54, 1.807) is 6.92 Å². The van der Waals surface area contributed by atoms with Gasteiger partial charge in [0.15, 0.2) is 0 Å². The van der Waals surface area contributed by atoms with Gasteiger partial charge in [-0.1, -0.05) is 0 Å². The first-order chi connectivity index (χ1) is 7.06. The lowest BCUT2D eigenvalue weighted by Gasteiger charge is -2.11. The summed E-state index contributed by atoms with van der Waals surface area (Å²) in [6.07, 6.45) is 0. The zero-order chi connectivity index (χ0) is 11.4. The largest absolute Gasteiger partial charge is 0.398 e. The van der Waals surface area contributed by atoms with E-state index in [2.05, 4.69) is 0 Å². The number of nitrogens with two attached hydrogens (primary N) is 1. The number of hydrogen-bond donors (Lipinski definition) is 1. The lowest BCUT2D eigenvalue weighted by Crippen LogP contribution is -2.18. The third-order valence-corrected chi connectivity index (χ3v) is 3.61. The summed E-state index contributed by atoms with van der Waals surface area (Å²) in [5.74, 6) is -0.433. The van der Waals surface area contributed by atoms with Crippen molar-refractivity contribution in [2.45, 2.75) is 17.1 Å². The van der Waals surface area contributed by atoms with Crippen LogP contribution in [0.5, 0.6) is 0 Å². The fraction of sp³-hybridized carbons (Fsp3) is 0.400. The number of nitrogen functional groups attached to an aromatic ring is 1. The summed E-state index contributed by atoms with van der Waals surface area (Å²) in [7, 11) is 0.190. The third-order valence-electron chi connectivity index (χ3n) is 1.96. The van der Waals surface area contributed by atoms with E-state index >= 15 is 0 Å². The smallest absolute Gasteiger partial charge is 0.124 e. The summed E-state index contributed by atoms with van der Waals surface area (Å²) < 4.78 is 29.7. The SMILES string of the molecule is COCC(C)S(=O)c1cc(F)ccc1N. The summed E-state index contributed by atoms with van der Waals surface area (Å²) in [6.45, 7) is 2.12. The molecular formula is C10H14FNO2S.